The number of hydrogen-bond donors (Lipinski definition) is 3. The monoisotopic (exact) mass is 400 g/mol. The minimum Gasteiger partial charge on any atom is -0.368 e. The zero-order chi connectivity index (χ0) is 18.7. The first-order chi connectivity index (χ1) is 13.2. The molecular formula is C21H25ClN4O2. The number of carbonyl (C=O) groups is 1. The number of para-hydroxylation sites is 2. The Bertz CT molecular complexity index is 900. The molecule has 4 rings (SSSR count). The highest BCUT2D eigenvalue weighted by Gasteiger charge is 2.39. The summed E-state index contributed by atoms with van der Waals surface area (Å²) >= 11 is 0. The minimum absolute atomic E-state index is 0. The molecule has 6 nitrogen and oxygen atoms in total. The number of amides is 1. The molecule has 1 amide bonds. The van der Waals surface area contributed by atoms with E-state index < -0.39 is 5.60 Å². The van der Waals surface area contributed by atoms with Crippen LogP contribution in [0.4, 0.5) is 0 Å². The molecule has 0 radical (unpaired) electrons. The van der Waals surface area contributed by atoms with E-state index in [-0.39, 0.29) is 18.3 Å². The molecule has 0 saturated carbocycles. The van der Waals surface area contributed by atoms with Gasteiger partial charge >= 0.3 is 0 Å². The van der Waals surface area contributed by atoms with Gasteiger partial charge in [0.2, 0.25) is 0 Å². The number of fused-ring (bicyclic) bond motifs is 1. The van der Waals surface area contributed by atoms with E-state index in [1.807, 2.05) is 48.5 Å². The molecule has 28 heavy (non-hydrogen) atoms. The van der Waals surface area contributed by atoms with Crippen molar-refractivity contribution >= 4 is 29.3 Å². The largest absolute Gasteiger partial charge is 0.368 e. The molecular weight excluding hydrogens is 376 g/mol. The summed E-state index contributed by atoms with van der Waals surface area (Å²) in [5, 5.41) is 6.29. The van der Waals surface area contributed by atoms with Crippen LogP contribution < -0.4 is 10.6 Å². The molecule has 1 fully saturated rings. The van der Waals surface area contributed by atoms with Crippen molar-refractivity contribution < 1.29 is 9.53 Å². The van der Waals surface area contributed by atoms with Crippen LogP contribution in [-0.2, 0) is 16.1 Å². The van der Waals surface area contributed by atoms with Crippen LogP contribution in [0.2, 0.25) is 0 Å². The van der Waals surface area contributed by atoms with E-state index in [2.05, 4.69) is 20.6 Å². The number of carbonyl (C=O) groups excluding carboxylic acids is 1. The lowest BCUT2D eigenvalue weighted by Crippen LogP contribution is -2.53. The van der Waals surface area contributed by atoms with Crippen LogP contribution in [0, 0.1) is 0 Å². The quantitative estimate of drug-likeness (QED) is 0.615. The Labute approximate surface area is 170 Å². The van der Waals surface area contributed by atoms with Gasteiger partial charge in [-0.2, -0.15) is 0 Å². The fourth-order valence-corrected chi connectivity index (χ4v) is 3.57. The molecule has 0 unspecified atom stereocenters. The Balaban J connectivity index is 0.00000225. The molecule has 2 heterocycles. The number of nitrogens with zero attached hydrogens (tertiary/aromatic N) is 1. The van der Waals surface area contributed by atoms with Gasteiger partial charge in [0.25, 0.3) is 5.91 Å². The number of aromatic amines is 1. The molecule has 2 aromatic carbocycles. The molecule has 1 aliphatic heterocycles. The van der Waals surface area contributed by atoms with E-state index in [9.17, 15) is 4.79 Å². The second-order valence-corrected chi connectivity index (χ2v) is 6.93. The summed E-state index contributed by atoms with van der Waals surface area (Å²) in [7, 11) is 1.62. The Morgan fingerprint density at radius 3 is 2.54 bits per heavy atom. The van der Waals surface area contributed by atoms with Crippen LogP contribution in [0.5, 0.6) is 0 Å². The minimum atomic E-state index is -0.709. The number of ether oxygens (including phenoxy) is 1. The first-order valence-electron chi connectivity index (χ1n) is 9.28. The van der Waals surface area contributed by atoms with Gasteiger partial charge in [-0.3, -0.25) is 4.79 Å². The summed E-state index contributed by atoms with van der Waals surface area (Å²) in [4.78, 5) is 20.6. The Hall–Kier alpha value is -2.41. The molecule has 0 atom stereocenters. The smallest absolute Gasteiger partial charge is 0.252 e. The van der Waals surface area contributed by atoms with E-state index >= 15 is 0 Å². The predicted octanol–water partition coefficient (Wildman–Crippen LogP) is 3.04. The average molecular weight is 401 g/mol. The zero-order valence-electron chi connectivity index (χ0n) is 15.8. The van der Waals surface area contributed by atoms with Crippen molar-refractivity contribution in [3.63, 3.8) is 0 Å². The zero-order valence-corrected chi connectivity index (χ0v) is 16.6. The summed E-state index contributed by atoms with van der Waals surface area (Å²) in [5.74, 6) is 0.813. The maximum Gasteiger partial charge on any atom is 0.252 e. The summed E-state index contributed by atoms with van der Waals surface area (Å²) in [6.45, 7) is 2.08. The predicted molar refractivity (Wildman–Crippen MR) is 112 cm³/mol. The van der Waals surface area contributed by atoms with Gasteiger partial charge in [0.05, 0.1) is 11.0 Å². The third-order valence-electron chi connectivity index (χ3n) is 5.29. The maximum absolute atomic E-state index is 12.6. The molecule has 7 heteroatoms. The molecule has 0 aliphatic carbocycles. The summed E-state index contributed by atoms with van der Waals surface area (Å²) in [5.41, 5.74) is 3.34. The first kappa shape index (κ1) is 20.3. The van der Waals surface area contributed by atoms with Crippen LogP contribution in [0.1, 0.15) is 18.4 Å². The third-order valence-corrected chi connectivity index (χ3v) is 5.29. The van der Waals surface area contributed by atoms with E-state index in [1.165, 1.54) is 0 Å². The van der Waals surface area contributed by atoms with Crippen molar-refractivity contribution in [2.24, 2.45) is 0 Å². The number of methoxy groups -OCH3 is 1. The standard InChI is InChI=1S/C21H24N4O2.ClH/c1-27-21(10-12-22-13-11-21)20(26)23-14-15-6-8-16(9-7-15)19-24-17-4-2-3-5-18(17)25-19;/h2-9,22H,10-14H2,1H3,(H,23,26)(H,24,25);1H. The molecule has 0 spiro atoms. The van der Waals surface area contributed by atoms with Crippen LogP contribution in [0.25, 0.3) is 22.4 Å². The number of nitrogens with one attached hydrogen (secondary N) is 3. The second kappa shape index (κ2) is 8.73. The first-order valence-corrected chi connectivity index (χ1v) is 9.28. The van der Waals surface area contributed by atoms with Crippen LogP contribution in [0.3, 0.4) is 0 Å². The summed E-state index contributed by atoms with van der Waals surface area (Å²) in [6, 6.07) is 16.1. The number of halogens is 1. The summed E-state index contributed by atoms with van der Waals surface area (Å²) in [6.07, 6.45) is 1.39. The highest BCUT2D eigenvalue weighted by molar-refractivity contribution is 5.85. The SMILES string of the molecule is COC1(C(=O)NCc2ccc(-c3nc4ccccc4[nH]3)cc2)CCNCC1.Cl. The number of piperidine rings is 1. The number of H-pyrrole nitrogens is 1. The Morgan fingerprint density at radius 1 is 1.14 bits per heavy atom. The van der Waals surface area contributed by atoms with Gasteiger partial charge in [-0.05, 0) is 43.6 Å². The number of imidazole rings is 1. The molecule has 0 bridgehead atoms. The molecule has 3 N–H and O–H groups in total. The van der Waals surface area contributed by atoms with Crippen molar-refractivity contribution in [3.8, 4) is 11.4 Å². The average Bonchev–Trinajstić information content (AvgIpc) is 3.17. The fraction of sp³-hybridized carbons (Fsp3) is 0.333. The lowest BCUT2D eigenvalue weighted by atomic mass is 9.91. The van der Waals surface area contributed by atoms with Gasteiger partial charge < -0.3 is 20.4 Å². The third kappa shape index (κ3) is 4.04. The van der Waals surface area contributed by atoms with Gasteiger partial charge in [0.1, 0.15) is 11.4 Å². The van der Waals surface area contributed by atoms with E-state index in [1.54, 1.807) is 7.11 Å². The van der Waals surface area contributed by atoms with Crippen LogP contribution in [0.15, 0.2) is 48.5 Å². The van der Waals surface area contributed by atoms with Crippen molar-refractivity contribution in [2.45, 2.75) is 25.0 Å². The van der Waals surface area contributed by atoms with Gasteiger partial charge in [0.15, 0.2) is 0 Å². The van der Waals surface area contributed by atoms with Crippen molar-refractivity contribution in [1.29, 1.82) is 0 Å². The molecule has 148 valence electrons. The maximum atomic E-state index is 12.6. The molecule has 1 aliphatic rings. The van der Waals surface area contributed by atoms with Gasteiger partial charge in [-0.25, -0.2) is 4.98 Å². The fourth-order valence-electron chi connectivity index (χ4n) is 3.57. The second-order valence-electron chi connectivity index (χ2n) is 6.93. The number of benzene rings is 2. The van der Waals surface area contributed by atoms with Crippen LogP contribution in [-0.4, -0.2) is 41.7 Å². The van der Waals surface area contributed by atoms with E-state index in [0.717, 1.165) is 41.1 Å². The van der Waals surface area contributed by atoms with Gasteiger partial charge in [0, 0.05) is 19.2 Å². The lowest BCUT2D eigenvalue weighted by molar-refractivity contribution is -0.146. The number of hydrogen-bond acceptors (Lipinski definition) is 4. The van der Waals surface area contributed by atoms with Gasteiger partial charge in [-0.1, -0.05) is 36.4 Å². The van der Waals surface area contributed by atoms with Crippen molar-refractivity contribution in [1.82, 2.24) is 20.6 Å². The summed E-state index contributed by atoms with van der Waals surface area (Å²) < 4.78 is 5.57. The Morgan fingerprint density at radius 2 is 1.86 bits per heavy atom. The Kier molecular flexibility index (Phi) is 6.34. The van der Waals surface area contributed by atoms with Crippen molar-refractivity contribution in [3.05, 3.63) is 54.1 Å². The van der Waals surface area contributed by atoms with Crippen molar-refractivity contribution in [2.75, 3.05) is 20.2 Å². The lowest BCUT2D eigenvalue weighted by Gasteiger charge is -2.34. The molecule has 1 saturated heterocycles. The topological polar surface area (TPSA) is 79.0 Å². The van der Waals surface area contributed by atoms with Crippen LogP contribution >= 0.6 is 12.4 Å². The number of aromatic nitrogens is 2. The van der Waals surface area contributed by atoms with E-state index in [0.29, 0.717) is 19.4 Å². The van der Waals surface area contributed by atoms with E-state index in [4.69, 9.17) is 4.74 Å². The normalized spacial score (nSPS) is 15.8. The molecule has 1 aromatic heterocycles. The molecule has 3 aromatic rings. The highest BCUT2D eigenvalue weighted by atomic mass is 35.5. The highest BCUT2D eigenvalue weighted by Crippen LogP contribution is 2.23. The van der Waals surface area contributed by atoms with Gasteiger partial charge in [-0.15, -0.1) is 12.4 Å². The number of rotatable bonds is 5.